The molecule has 11 heavy (non-hydrogen) atoms. The number of nitrogens with zero attached hydrogens (tertiary/aromatic N) is 2. The first kappa shape index (κ1) is 6.60. The van der Waals surface area contributed by atoms with Crippen molar-refractivity contribution in [2.75, 3.05) is 0 Å². The van der Waals surface area contributed by atoms with Gasteiger partial charge in [0.05, 0.1) is 22.6 Å². The molecule has 0 amide bonds. The third kappa shape index (κ3) is 1.07. The van der Waals surface area contributed by atoms with E-state index in [1.807, 2.05) is 0 Å². The molecule has 2 aromatic heterocycles. The summed E-state index contributed by atoms with van der Waals surface area (Å²) in [7, 11) is 0. The lowest BCUT2D eigenvalue weighted by molar-refractivity contribution is 1.09. The monoisotopic (exact) mass is 212 g/mol. The molecule has 0 aliphatic carbocycles. The first-order valence-electron chi connectivity index (χ1n) is 3.06. The van der Waals surface area contributed by atoms with Crippen LogP contribution in [0.15, 0.2) is 23.1 Å². The molecule has 2 heterocycles. The number of aromatic amines is 2. The third-order valence-corrected chi connectivity index (χ3v) is 1.98. The van der Waals surface area contributed by atoms with Gasteiger partial charge in [0.15, 0.2) is 0 Å². The predicted octanol–water partition coefficient (Wildman–Crippen LogP) is 1.56. The van der Waals surface area contributed by atoms with Crippen LogP contribution in [0.3, 0.4) is 0 Å². The minimum absolute atomic E-state index is 0.943. The highest BCUT2D eigenvalue weighted by Gasteiger charge is 2.04. The fourth-order valence-corrected chi connectivity index (χ4v) is 1.28. The second-order valence-corrected chi connectivity index (χ2v) is 2.93. The smallest absolute Gasteiger partial charge is 0.0823 e. The molecule has 4 nitrogen and oxygen atoms in total. The summed E-state index contributed by atoms with van der Waals surface area (Å²) in [6.07, 6.45) is 5.25. The molecule has 5 heteroatoms. The lowest BCUT2D eigenvalue weighted by Crippen LogP contribution is -1.73. The van der Waals surface area contributed by atoms with Gasteiger partial charge in [-0.1, -0.05) is 0 Å². The van der Waals surface area contributed by atoms with Crippen LogP contribution < -0.4 is 0 Å². The van der Waals surface area contributed by atoms with E-state index in [0.29, 0.717) is 0 Å². The van der Waals surface area contributed by atoms with Crippen molar-refractivity contribution in [3.63, 3.8) is 0 Å². The fraction of sp³-hybridized carbons (Fsp3) is 0. The van der Waals surface area contributed by atoms with Crippen LogP contribution in [0.5, 0.6) is 0 Å². The first-order chi connectivity index (χ1) is 5.38. The zero-order chi connectivity index (χ0) is 7.68. The van der Waals surface area contributed by atoms with Crippen molar-refractivity contribution in [2.24, 2.45) is 0 Å². The van der Waals surface area contributed by atoms with Crippen LogP contribution in [0.25, 0.3) is 11.3 Å². The quantitative estimate of drug-likeness (QED) is 0.755. The van der Waals surface area contributed by atoms with E-state index in [1.165, 1.54) is 0 Å². The zero-order valence-electron chi connectivity index (χ0n) is 5.50. The molecule has 0 unspecified atom stereocenters. The largest absolute Gasteiger partial charge is 0.285 e. The molecule has 0 aliphatic rings. The normalized spacial score (nSPS) is 10.3. The summed E-state index contributed by atoms with van der Waals surface area (Å²) in [5, 5.41) is 13.3. The van der Waals surface area contributed by atoms with Gasteiger partial charge in [0, 0.05) is 11.8 Å². The molecule has 0 saturated heterocycles. The molecule has 0 aliphatic heterocycles. The van der Waals surface area contributed by atoms with Crippen molar-refractivity contribution < 1.29 is 0 Å². The molecule has 0 bridgehead atoms. The summed E-state index contributed by atoms with van der Waals surface area (Å²) >= 11 is 3.35. The van der Waals surface area contributed by atoms with Gasteiger partial charge in [-0.15, -0.1) is 0 Å². The standard InChI is InChI=1S/C6H5BrN4/c7-5-3-10-11-6(5)4-1-8-9-2-4/h1-3H,(H,8,9)(H,10,11). The Morgan fingerprint density at radius 1 is 1.27 bits per heavy atom. The Labute approximate surface area is 71.2 Å². The van der Waals surface area contributed by atoms with Crippen LogP contribution in [0.4, 0.5) is 0 Å². The van der Waals surface area contributed by atoms with Crippen LogP contribution in [-0.2, 0) is 0 Å². The number of hydrogen-bond donors (Lipinski definition) is 2. The second kappa shape index (κ2) is 2.50. The summed E-state index contributed by atoms with van der Waals surface area (Å²) in [6, 6.07) is 0. The zero-order valence-corrected chi connectivity index (χ0v) is 7.09. The van der Waals surface area contributed by atoms with E-state index in [0.717, 1.165) is 15.7 Å². The van der Waals surface area contributed by atoms with Crippen LogP contribution in [0.2, 0.25) is 0 Å². The van der Waals surface area contributed by atoms with E-state index in [1.54, 1.807) is 18.6 Å². The molecule has 0 fully saturated rings. The van der Waals surface area contributed by atoms with Gasteiger partial charge in [-0.25, -0.2) is 0 Å². The van der Waals surface area contributed by atoms with E-state index < -0.39 is 0 Å². The molecular weight excluding hydrogens is 208 g/mol. The first-order valence-corrected chi connectivity index (χ1v) is 3.85. The van der Waals surface area contributed by atoms with Crippen molar-refractivity contribution in [2.45, 2.75) is 0 Å². The fourth-order valence-electron chi connectivity index (χ4n) is 0.861. The van der Waals surface area contributed by atoms with Crippen molar-refractivity contribution in [3.8, 4) is 11.3 Å². The lowest BCUT2D eigenvalue weighted by atomic mass is 10.3. The molecular formula is C6H5BrN4. The number of nitrogens with one attached hydrogen (secondary N) is 2. The van der Waals surface area contributed by atoms with Gasteiger partial charge >= 0.3 is 0 Å². The summed E-state index contributed by atoms with van der Waals surface area (Å²) in [4.78, 5) is 0. The predicted molar refractivity (Wildman–Crippen MR) is 43.9 cm³/mol. The second-order valence-electron chi connectivity index (χ2n) is 2.08. The number of rotatable bonds is 1. The summed E-state index contributed by atoms with van der Waals surface area (Å²) < 4.78 is 0.943. The van der Waals surface area contributed by atoms with Crippen LogP contribution in [-0.4, -0.2) is 20.4 Å². The third-order valence-electron chi connectivity index (χ3n) is 1.38. The lowest BCUT2D eigenvalue weighted by Gasteiger charge is -1.88. The molecule has 0 aromatic carbocycles. The Balaban J connectivity index is 2.53. The Morgan fingerprint density at radius 3 is 2.73 bits per heavy atom. The molecule has 0 spiro atoms. The Kier molecular flexibility index (Phi) is 1.50. The van der Waals surface area contributed by atoms with Gasteiger partial charge in [-0.05, 0) is 15.9 Å². The van der Waals surface area contributed by atoms with Crippen molar-refractivity contribution in [1.29, 1.82) is 0 Å². The van der Waals surface area contributed by atoms with Gasteiger partial charge in [0.25, 0.3) is 0 Å². The van der Waals surface area contributed by atoms with Gasteiger partial charge < -0.3 is 0 Å². The molecule has 56 valence electrons. The molecule has 2 rings (SSSR count). The van der Waals surface area contributed by atoms with Crippen LogP contribution >= 0.6 is 15.9 Å². The minimum atomic E-state index is 0.943. The highest BCUT2D eigenvalue weighted by atomic mass is 79.9. The molecule has 0 atom stereocenters. The van der Waals surface area contributed by atoms with E-state index in [-0.39, 0.29) is 0 Å². The van der Waals surface area contributed by atoms with Crippen molar-refractivity contribution >= 4 is 15.9 Å². The molecule has 0 saturated carbocycles. The SMILES string of the molecule is Brc1cn[nH]c1-c1cn[nH]c1. The summed E-state index contributed by atoms with van der Waals surface area (Å²) in [6.45, 7) is 0. The number of aromatic nitrogens is 4. The van der Waals surface area contributed by atoms with E-state index in [9.17, 15) is 0 Å². The Bertz CT molecular complexity index is 337. The number of H-pyrrole nitrogens is 2. The summed E-state index contributed by atoms with van der Waals surface area (Å²) in [5.74, 6) is 0. The van der Waals surface area contributed by atoms with Crippen molar-refractivity contribution in [3.05, 3.63) is 23.1 Å². The van der Waals surface area contributed by atoms with Crippen molar-refractivity contribution in [1.82, 2.24) is 20.4 Å². The van der Waals surface area contributed by atoms with Crippen LogP contribution in [0, 0.1) is 0 Å². The van der Waals surface area contributed by atoms with Gasteiger partial charge in [-0.3, -0.25) is 10.2 Å². The average molecular weight is 213 g/mol. The van der Waals surface area contributed by atoms with Gasteiger partial charge in [-0.2, -0.15) is 10.2 Å². The van der Waals surface area contributed by atoms with E-state index in [2.05, 4.69) is 36.3 Å². The minimum Gasteiger partial charge on any atom is -0.285 e. The highest BCUT2D eigenvalue weighted by molar-refractivity contribution is 9.10. The maximum atomic E-state index is 3.86. The summed E-state index contributed by atoms with van der Waals surface area (Å²) in [5.41, 5.74) is 1.94. The highest BCUT2D eigenvalue weighted by Crippen LogP contribution is 2.23. The molecule has 0 radical (unpaired) electrons. The van der Waals surface area contributed by atoms with Gasteiger partial charge in [0.1, 0.15) is 0 Å². The maximum absolute atomic E-state index is 3.86. The Morgan fingerprint density at radius 2 is 2.18 bits per heavy atom. The number of halogens is 1. The average Bonchev–Trinajstić information content (AvgIpc) is 2.55. The Hall–Kier alpha value is -1.10. The maximum Gasteiger partial charge on any atom is 0.0823 e. The van der Waals surface area contributed by atoms with E-state index in [4.69, 9.17) is 0 Å². The van der Waals surface area contributed by atoms with Crippen LogP contribution in [0.1, 0.15) is 0 Å². The molecule has 2 N–H and O–H groups in total. The molecule has 2 aromatic rings. The topological polar surface area (TPSA) is 57.4 Å². The number of hydrogen-bond acceptors (Lipinski definition) is 2. The van der Waals surface area contributed by atoms with Gasteiger partial charge in [0.2, 0.25) is 0 Å². The van der Waals surface area contributed by atoms with E-state index >= 15 is 0 Å².